The maximum absolute atomic E-state index is 12.5. The normalized spacial score (nSPS) is 11.2. The minimum Gasteiger partial charge on any atom is -0.461 e. The van der Waals surface area contributed by atoms with Gasteiger partial charge in [-0.2, -0.15) is 0 Å². The molecule has 0 atom stereocenters. The van der Waals surface area contributed by atoms with Crippen LogP contribution in [-0.2, 0) is 17.7 Å². The molecule has 0 bridgehead atoms. The second-order valence-corrected chi connectivity index (χ2v) is 9.10. The van der Waals surface area contributed by atoms with Gasteiger partial charge in [0.15, 0.2) is 11.5 Å². The van der Waals surface area contributed by atoms with E-state index in [0.717, 1.165) is 58.1 Å². The van der Waals surface area contributed by atoms with Gasteiger partial charge in [-0.15, -0.1) is 5.10 Å². The van der Waals surface area contributed by atoms with Gasteiger partial charge >= 0.3 is 5.97 Å². The molecule has 0 radical (unpaired) electrons. The number of hydrogen-bond donors (Lipinski definition) is 1. The topological polar surface area (TPSA) is 98.6 Å². The van der Waals surface area contributed by atoms with Gasteiger partial charge in [-0.05, 0) is 71.5 Å². The molecule has 8 heteroatoms. The van der Waals surface area contributed by atoms with Gasteiger partial charge in [0.25, 0.3) is 0 Å². The van der Waals surface area contributed by atoms with Crippen LogP contribution >= 0.6 is 0 Å². The van der Waals surface area contributed by atoms with E-state index in [1.807, 2.05) is 31.2 Å². The van der Waals surface area contributed by atoms with Crippen molar-refractivity contribution in [2.45, 2.75) is 46.6 Å². The first-order valence-corrected chi connectivity index (χ1v) is 12.7. The lowest BCUT2D eigenvalue weighted by Gasteiger charge is -2.13. The minimum atomic E-state index is -0.389. The second kappa shape index (κ2) is 10.7. The number of unbranched alkanes of at least 4 members (excludes halogenated alkanes) is 1. The molecular weight excluding hydrogens is 464 g/mol. The molecule has 0 unspecified atom stereocenters. The Hall–Kier alpha value is -4.33. The van der Waals surface area contributed by atoms with Crippen LogP contribution in [0.25, 0.3) is 33.5 Å². The van der Waals surface area contributed by atoms with Crippen LogP contribution in [0.5, 0.6) is 0 Å². The Kier molecular flexibility index (Phi) is 7.07. The summed E-state index contributed by atoms with van der Waals surface area (Å²) in [6, 6.07) is 20.6. The van der Waals surface area contributed by atoms with Crippen molar-refractivity contribution >= 4 is 17.0 Å². The van der Waals surface area contributed by atoms with E-state index in [4.69, 9.17) is 9.72 Å². The maximum Gasteiger partial charge on any atom is 0.357 e. The van der Waals surface area contributed by atoms with E-state index in [9.17, 15) is 4.79 Å². The molecule has 0 saturated carbocycles. The number of benzene rings is 2. The van der Waals surface area contributed by atoms with Gasteiger partial charge in [0.05, 0.1) is 6.61 Å². The second-order valence-electron chi connectivity index (χ2n) is 9.10. The Balaban J connectivity index is 1.51. The van der Waals surface area contributed by atoms with Crippen molar-refractivity contribution < 1.29 is 9.53 Å². The quantitative estimate of drug-likeness (QED) is 0.262. The van der Waals surface area contributed by atoms with Gasteiger partial charge in [0.2, 0.25) is 0 Å². The molecule has 8 nitrogen and oxygen atoms in total. The number of pyridine rings is 1. The van der Waals surface area contributed by atoms with Gasteiger partial charge in [-0.25, -0.2) is 14.9 Å². The molecule has 3 aromatic heterocycles. The van der Waals surface area contributed by atoms with Crippen LogP contribution in [0.2, 0.25) is 0 Å². The van der Waals surface area contributed by atoms with Crippen molar-refractivity contribution in [3.05, 3.63) is 83.2 Å². The summed E-state index contributed by atoms with van der Waals surface area (Å²) in [5, 5.41) is 15.4. The van der Waals surface area contributed by atoms with Crippen LogP contribution < -0.4 is 0 Å². The van der Waals surface area contributed by atoms with Gasteiger partial charge in [0, 0.05) is 23.2 Å². The molecule has 188 valence electrons. The fourth-order valence-electron chi connectivity index (χ4n) is 4.67. The number of aryl methyl sites for hydroxylation is 2. The zero-order valence-corrected chi connectivity index (χ0v) is 21.4. The van der Waals surface area contributed by atoms with Crippen LogP contribution in [-0.4, -0.2) is 42.8 Å². The summed E-state index contributed by atoms with van der Waals surface area (Å²) in [5.41, 5.74) is 7.66. The molecule has 0 amide bonds. The summed E-state index contributed by atoms with van der Waals surface area (Å²) in [6.45, 7) is 7.01. The standard InChI is InChI=1S/C29H30N6O2/c1-4-6-9-22-17-25-19(3)16-26(29(36)37-5-2)30-28(25)35(22)18-20-12-14-21(15-13-20)23-10-7-8-11-24(23)27-31-33-34-32-27/h7-8,10-17H,4-6,9,18H2,1-3H3,(H,31,32,33,34). The van der Waals surface area contributed by atoms with E-state index >= 15 is 0 Å². The van der Waals surface area contributed by atoms with Gasteiger partial charge in [-0.1, -0.05) is 61.9 Å². The van der Waals surface area contributed by atoms with Gasteiger partial charge in [-0.3, -0.25) is 0 Å². The molecule has 0 saturated heterocycles. The summed E-state index contributed by atoms with van der Waals surface area (Å²) in [6.07, 6.45) is 3.15. The molecule has 0 fully saturated rings. The Labute approximate surface area is 215 Å². The summed E-state index contributed by atoms with van der Waals surface area (Å²) >= 11 is 0. The average molecular weight is 495 g/mol. The van der Waals surface area contributed by atoms with Crippen molar-refractivity contribution in [2.24, 2.45) is 0 Å². The van der Waals surface area contributed by atoms with E-state index in [2.05, 4.69) is 68.5 Å². The molecule has 0 aliphatic rings. The highest BCUT2D eigenvalue weighted by Crippen LogP contribution is 2.30. The lowest BCUT2D eigenvalue weighted by Crippen LogP contribution is -2.10. The molecule has 2 aromatic carbocycles. The van der Waals surface area contributed by atoms with E-state index in [-0.39, 0.29) is 5.97 Å². The molecule has 0 spiro atoms. The Morgan fingerprint density at radius 1 is 1.03 bits per heavy atom. The molecule has 3 heterocycles. The Bertz CT molecular complexity index is 1520. The third-order valence-corrected chi connectivity index (χ3v) is 6.56. The number of nitrogens with zero attached hydrogens (tertiary/aromatic N) is 5. The summed E-state index contributed by atoms with van der Waals surface area (Å²) in [4.78, 5) is 17.2. The number of H-pyrrole nitrogens is 1. The predicted molar refractivity (Wildman–Crippen MR) is 143 cm³/mol. The van der Waals surface area contributed by atoms with Crippen molar-refractivity contribution in [1.29, 1.82) is 0 Å². The fourth-order valence-corrected chi connectivity index (χ4v) is 4.67. The first-order chi connectivity index (χ1) is 18.1. The molecule has 0 aliphatic carbocycles. The molecule has 1 N–H and O–H groups in total. The van der Waals surface area contributed by atoms with Crippen LogP contribution in [0.15, 0.2) is 60.7 Å². The minimum absolute atomic E-state index is 0.322. The maximum atomic E-state index is 12.5. The Morgan fingerprint density at radius 3 is 2.51 bits per heavy atom. The molecule has 5 rings (SSSR count). The summed E-state index contributed by atoms with van der Waals surface area (Å²) in [5.74, 6) is 0.248. The highest BCUT2D eigenvalue weighted by atomic mass is 16.5. The number of aromatic nitrogens is 6. The number of hydrogen-bond acceptors (Lipinski definition) is 6. The Morgan fingerprint density at radius 2 is 1.81 bits per heavy atom. The molecule has 5 aromatic rings. The summed E-state index contributed by atoms with van der Waals surface area (Å²) in [7, 11) is 0. The monoisotopic (exact) mass is 494 g/mol. The van der Waals surface area contributed by atoms with E-state index in [1.165, 1.54) is 5.69 Å². The number of ether oxygens (including phenoxy) is 1. The smallest absolute Gasteiger partial charge is 0.357 e. The van der Waals surface area contributed by atoms with Gasteiger partial charge in [0.1, 0.15) is 5.65 Å². The van der Waals surface area contributed by atoms with Crippen LogP contribution in [0.4, 0.5) is 0 Å². The lowest BCUT2D eigenvalue weighted by molar-refractivity contribution is 0.0519. The van der Waals surface area contributed by atoms with Gasteiger partial charge < -0.3 is 9.30 Å². The van der Waals surface area contributed by atoms with E-state index in [0.29, 0.717) is 24.7 Å². The van der Waals surface area contributed by atoms with Crippen LogP contribution in [0, 0.1) is 6.92 Å². The number of carbonyl (C=O) groups is 1. The average Bonchev–Trinajstić information content (AvgIpc) is 3.57. The van der Waals surface area contributed by atoms with Crippen LogP contribution in [0.1, 0.15) is 54.0 Å². The number of nitrogens with one attached hydrogen (secondary N) is 1. The fraction of sp³-hybridized carbons (Fsp3) is 0.276. The third kappa shape index (κ3) is 5.00. The van der Waals surface area contributed by atoms with E-state index in [1.54, 1.807) is 6.92 Å². The molecule has 0 aliphatic heterocycles. The number of fused-ring (bicyclic) bond motifs is 1. The number of esters is 1. The zero-order valence-electron chi connectivity index (χ0n) is 21.4. The first kappa shape index (κ1) is 24.4. The van der Waals surface area contributed by atoms with Crippen molar-refractivity contribution in [3.8, 4) is 22.5 Å². The largest absolute Gasteiger partial charge is 0.461 e. The zero-order chi connectivity index (χ0) is 25.8. The van der Waals surface area contributed by atoms with Crippen molar-refractivity contribution in [2.75, 3.05) is 6.61 Å². The molecule has 37 heavy (non-hydrogen) atoms. The third-order valence-electron chi connectivity index (χ3n) is 6.56. The number of tetrazole rings is 1. The predicted octanol–water partition coefficient (Wildman–Crippen LogP) is 5.76. The molecular formula is C29H30N6O2. The lowest BCUT2D eigenvalue weighted by atomic mass is 9.98. The summed E-state index contributed by atoms with van der Waals surface area (Å²) < 4.78 is 7.47. The van der Waals surface area contributed by atoms with Crippen molar-refractivity contribution in [3.63, 3.8) is 0 Å². The number of aromatic amines is 1. The highest BCUT2D eigenvalue weighted by molar-refractivity contribution is 5.92. The number of rotatable bonds is 9. The van der Waals surface area contributed by atoms with Crippen LogP contribution in [0.3, 0.4) is 0 Å². The number of carbonyl (C=O) groups excluding carboxylic acids is 1. The SMILES string of the molecule is CCCCc1cc2c(C)cc(C(=O)OCC)nc2n1Cc1ccc(-c2ccccc2-c2nnn[nH]2)cc1. The highest BCUT2D eigenvalue weighted by Gasteiger charge is 2.17. The van der Waals surface area contributed by atoms with Crippen molar-refractivity contribution in [1.82, 2.24) is 30.2 Å². The van der Waals surface area contributed by atoms with E-state index < -0.39 is 0 Å². The first-order valence-electron chi connectivity index (χ1n) is 12.7.